The van der Waals surface area contributed by atoms with Gasteiger partial charge < -0.3 is 14.6 Å². The number of rotatable bonds is 10. The van der Waals surface area contributed by atoms with E-state index in [9.17, 15) is 14.5 Å². The zero-order valence-corrected chi connectivity index (χ0v) is 19.7. The molecule has 0 amide bonds. The summed E-state index contributed by atoms with van der Waals surface area (Å²) in [6.45, 7) is 7.21. The first-order valence-electron chi connectivity index (χ1n) is 9.84. The van der Waals surface area contributed by atoms with Gasteiger partial charge in [0, 0.05) is 0 Å². The molecule has 0 bridgehead atoms. The zero-order chi connectivity index (χ0) is 22.4. The van der Waals surface area contributed by atoms with Crippen LogP contribution in [0.1, 0.15) is 34.1 Å². The van der Waals surface area contributed by atoms with Gasteiger partial charge in [-0.15, -0.1) is 4.52 Å². The van der Waals surface area contributed by atoms with Gasteiger partial charge in [-0.3, -0.25) is 4.79 Å². The fraction of sp³-hybridized carbons (Fsp3) is 0.409. The van der Waals surface area contributed by atoms with Gasteiger partial charge in [0.15, 0.2) is 6.79 Å². The average Bonchev–Trinajstić information content (AvgIpc) is 2.70. The van der Waals surface area contributed by atoms with Crippen molar-refractivity contribution in [2.45, 2.75) is 50.9 Å². The average molecular weight is 450 g/mol. The largest absolute Gasteiger partial charge is 0.516 e. The summed E-state index contributed by atoms with van der Waals surface area (Å²) in [6, 6.07) is 19.7. The minimum absolute atomic E-state index is 0.318. The second kappa shape index (κ2) is 10.4. The van der Waals surface area contributed by atoms with E-state index >= 15 is 0 Å². The van der Waals surface area contributed by atoms with E-state index in [1.165, 1.54) is 0 Å². The first-order chi connectivity index (χ1) is 14.1. The Morgan fingerprint density at radius 1 is 1.03 bits per heavy atom. The molecular formula is C22H30O6PSi+. The molecule has 2 rings (SSSR count). The Bertz CT molecular complexity index is 798. The molecule has 0 aliphatic heterocycles. The van der Waals surface area contributed by atoms with Gasteiger partial charge >= 0.3 is 14.0 Å². The van der Waals surface area contributed by atoms with Gasteiger partial charge in [-0.1, -0.05) is 81.4 Å². The fourth-order valence-corrected chi connectivity index (χ4v) is 9.37. The lowest BCUT2D eigenvalue weighted by molar-refractivity contribution is -0.138. The van der Waals surface area contributed by atoms with Crippen LogP contribution in [-0.2, 0) is 18.3 Å². The molecule has 0 aromatic heterocycles. The summed E-state index contributed by atoms with van der Waals surface area (Å²) in [5, 5.41) is 20.2. The number of benzene rings is 2. The topological polar surface area (TPSA) is 93.1 Å². The lowest BCUT2D eigenvalue weighted by Gasteiger charge is -2.45. The third-order valence-electron chi connectivity index (χ3n) is 5.18. The Labute approximate surface area is 179 Å². The van der Waals surface area contributed by atoms with Crippen LogP contribution in [0.4, 0.5) is 0 Å². The third kappa shape index (κ3) is 5.42. The number of carboxylic acid groups (broad SMARTS) is 1. The van der Waals surface area contributed by atoms with Crippen molar-refractivity contribution >= 4 is 32.7 Å². The molecule has 2 N–H and O–H groups in total. The van der Waals surface area contributed by atoms with E-state index in [2.05, 4.69) is 20.8 Å². The molecular weight excluding hydrogens is 419 g/mol. The molecule has 2 aromatic rings. The standard InChI is InChI=1S/C22H29O6PSi/c1-17(29(26)27-16-23)20(15-21(24)25)28-30(22(2,3)4,18-11-7-5-8-12-18)19-13-9-6-10-14-19/h5-14,17,20,23H,15-16H2,1-4H3/p+1. The number of hydrogen-bond donors (Lipinski definition) is 2. The van der Waals surface area contributed by atoms with Gasteiger partial charge in [-0.2, -0.15) is 0 Å². The molecule has 0 radical (unpaired) electrons. The Balaban J connectivity index is 2.68. The summed E-state index contributed by atoms with van der Waals surface area (Å²) in [5.41, 5.74) is -0.718. The summed E-state index contributed by atoms with van der Waals surface area (Å²) >= 11 is 0. The third-order valence-corrected chi connectivity index (χ3v) is 11.6. The maximum absolute atomic E-state index is 12.5. The SMILES string of the molecule is CC(C(CC(=O)O)O[Si](c1ccccc1)(c1ccccc1)C(C)(C)C)[P+](=O)OCO. The van der Waals surface area contributed by atoms with E-state index in [1.54, 1.807) is 6.92 Å². The van der Waals surface area contributed by atoms with Crippen molar-refractivity contribution in [1.82, 2.24) is 0 Å². The van der Waals surface area contributed by atoms with Crippen LogP contribution in [0.2, 0.25) is 5.04 Å². The van der Waals surface area contributed by atoms with E-state index in [4.69, 9.17) is 14.1 Å². The van der Waals surface area contributed by atoms with Crippen molar-refractivity contribution in [1.29, 1.82) is 0 Å². The molecule has 2 aromatic carbocycles. The van der Waals surface area contributed by atoms with Gasteiger partial charge in [0.2, 0.25) is 5.66 Å². The highest BCUT2D eigenvalue weighted by Crippen LogP contribution is 2.41. The van der Waals surface area contributed by atoms with E-state index in [0.29, 0.717) is 0 Å². The second-order valence-electron chi connectivity index (χ2n) is 8.20. The predicted octanol–water partition coefficient (Wildman–Crippen LogP) is 3.50. The molecule has 30 heavy (non-hydrogen) atoms. The Kier molecular flexibility index (Phi) is 8.47. The van der Waals surface area contributed by atoms with Crippen LogP contribution in [0.3, 0.4) is 0 Å². The Morgan fingerprint density at radius 2 is 1.50 bits per heavy atom. The maximum Gasteiger partial charge on any atom is 0.516 e. The van der Waals surface area contributed by atoms with Crippen molar-refractivity contribution in [3.63, 3.8) is 0 Å². The molecule has 0 aliphatic rings. The van der Waals surface area contributed by atoms with Crippen LogP contribution < -0.4 is 10.4 Å². The summed E-state index contributed by atoms with van der Waals surface area (Å²) in [7, 11) is -5.33. The number of hydrogen-bond acceptors (Lipinski definition) is 5. The van der Waals surface area contributed by atoms with Crippen LogP contribution >= 0.6 is 8.03 Å². The van der Waals surface area contributed by atoms with Crippen molar-refractivity contribution in [3.05, 3.63) is 60.7 Å². The molecule has 3 unspecified atom stereocenters. The molecule has 6 nitrogen and oxygen atoms in total. The summed E-state index contributed by atoms with van der Waals surface area (Å²) in [4.78, 5) is 11.7. The smallest absolute Gasteiger partial charge is 0.481 e. The number of aliphatic hydroxyl groups is 1. The van der Waals surface area contributed by atoms with Gasteiger partial charge in [0.05, 0.1) is 6.42 Å². The van der Waals surface area contributed by atoms with Gasteiger partial charge in [0.25, 0.3) is 8.32 Å². The highest BCUT2D eigenvalue weighted by Gasteiger charge is 2.54. The van der Waals surface area contributed by atoms with Crippen LogP contribution in [0.5, 0.6) is 0 Å². The van der Waals surface area contributed by atoms with Crippen LogP contribution in [-0.4, -0.2) is 43.1 Å². The van der Waals surface area contributed by atoms with Gasteiger partial charge in [-0.05, 0) is 26.9 Å². The Hall–Kier alpha value is -1.89. The highest BCUT2D eigenvalue weighted by molar-refractivity contribution is 7.40. The van der Waals surface area contributed by atoms with Gasteiger partial charge in [0.1, 0.15) is 6.10 Å². The number of carbonyl (C=O) groups is 1. The first-order valence-corrected chi connectivity index (χ1v) is 13.0. The van der Waals surface area contributed by atoms with Crippen LogP contribution in [0, 0.1) is 0 Å². The number of aliphatic carboxylic acids is 1. The predicted molar refractivity (Wildman–Crippen MR) is 120 cm³/mol. The lowest BCUT2D eigenvalue weighted by Crippen LogP contribution is -2.68. The molecule has 0 spiro atoms. The van der Waals surface area contributed by atoms with E-state index in [1.807, 2.05) is 60.7 Å². The maximum atomic E-state index is 12.5. The van der Waals surface area contributed by atoms with E-state index < -0.39 is 40.9 Å². The molecule has 8 heteroatoms. The lowest BCUT2D eigenvalue weighted by atomic mass is 10.2. The normalized spacial score (nSPS) is 14.8. The van der Waals surface area contributed by atoms with Crippen molar-refractivity contribution < 1.29 is 28.5 Å². The molecule has 0 heterocycles. The number of carboxylic acids is 1. The zero-order valence-electron chi connectivity index (χ0n) is 17.8. The summed E-state index contributed by atoms with van der Waals surface area (Å²) in [6.07, 6.45) is -1.18. The molecule has 0 saturated heterocycles. The summed E-state index contributed by atoms with van der Waals surface area (Å²) in [5.74, 6) is -1.04. The first kappa shape index (κ1) is 24.4. The molecule has 3 atom stereocenters. The highest BCUT2D eigenvalue weighted by atomic mass is 31.1. The summed E-state index contributed by atoms with van der Waals surface area (Å²) < 4.78 is 24.2. The van der Waals surface area contributed by atoms with Crippen LogP contribution in [0.25, 0.3) is 0 Å². The molecule has 0 fully saturated rings. The minimum Gasteiger partial charge on any atom is -0.481 e. The number of aliphatic hydroxyl groups excluding tert-OH is 1. The van der Waals surface area contributed by atoms with Crippen molar-refractivity contribution in [2.24, 2.45) is 0 Å². The quantitative estimate of drug-likeness (QED) is 0.328. The minimum atomic E-state index is -3.02. The van der Waals surface area contributed by atoms with Crippen LogP contribution in [0.15, 0.2) is 60.7 Å². The Morgan fingerprint density at radius 3 is 1.87 bits per heavy atom. The fourth-order valence-electron chi connectivity index (χ4n) is 3.71. The molecule has 162 valence electrons. The molecule has 0 saturated carbocycles. The molecule has 0 aliphatic carbocycles. The van der Waals surface area contributed by atoms with E-state index in [-0.39, 0.29) is 11.5 Å². The second-order valence-corrected chi connectivity index (χ2v) is 14.1. The van der Waals surface area contributed by atoms with Gasteiger partial charge in [-0.25, -0.2) is 0 Å². The monoisotopic (exact) mass is 449 g/mol. The van der Waals surface area contributed by atoms with Crippen molar-refractivity contribution in [2.75, 3.05) is 6.79 Å². The van der Waals surface area contributed by atoms with E-state index in [0.717, 1.165) is 10.4 Å². The van der Waals surface area contributed by atoms with Crippen molar-refractivity contribution in [3.8, 4) is 0 Å².